The number of aromatic nitrogens is 3. The van der Waals surface area contributed by atoms with Gasteiger partial charge in [0, 0.05) is 11.1 Å². The molecule has 0 aliphatic rings. The second-order valence-electron chi connectivity index (χ2n) is 4.28. The lowest BCUT2D eigenvalue weighted by Gasteiger charge is -2.15. The SMILES string of the molecule is CCOc1ncnc(NC(C)c2nc(C)cs2)c1C. The summed E-state index contributed by atoms with van der Waals surface area (Å²) in [4.78, 5) is 12.9. The number of thiazole rings is 1. The molecule has 2 aromatic rings. The fraction of sp³-hybridized carbons (Fsp3) is 0.462. The van der Waals surface area contributed by atoms with E-state index in [1.165, 1.54) is 6.33 Å². The van der Waals surface area contributed by atoms with E-state index >= 15 is 0 Å². The summed E-state index contributed by atoms with van der Waals surface area (Å²) in [6.07, 6.45) is 1.51. The highest BCUT2D eigenvalue weighted by molar-refractivity contribution is 7.09. The van der Waals surface area contributed by atoms with Crippen molar-refractivity contribution in [1.82, 2.24) is 15.0 Å². The minimum absolute atomic E-state index is 0.113. The van der Waals surface area contributed by atoms with Gasteiger partial charge in [0.2, 0.25) is 5.88 Å². The molecule has 2 heterocycles. The molecule has 0 saturated heterocycles. The summed E-state index contributed by atoms with van der Waals surface area (Å²) >= 11 is 1.65. The van der Waals surface area contributed by atoms with E-state index in [4.69, 9.17) is 4.74 Å². The third-order valence-corrected chi connectivity index (χ3v) is 3.82. The molecule has 0 spiro atoms. The molecule has 1 N–H and O–H groups in total. The molecule has 2 aromatic heterocycles. The first kappa shape index (κ1) is 13.7. The van der Waals surface area contributed by atoms with Gasteiger partial charge in [-0.05, 0) is 27.7 Å². The van der Waals surface area contributed by atoms with Crippen LogP contribution in [0.2, 0.25) is 0 Å². The number of rotatable bonds is 5. The molecule has 0 radical (unpaired) electrons. The zero-order valence-electron chi connectivity index (χ0n) is 11.6. The van der Waals surface area contributed by atoms with Gasteiger partial charge in [0.15, 0.2) is 0 Å². The van der Waals surface area contributed by atoms with Crippen molar-refractivity contribution in [1.29, 1.82) is 0 Å². The van der Waals surface area contributed by atoms with Crippen molar-refractivity contribution in [2.75, 3.05) is 11.9 Å². The van der Waals surface area contributed by atoms with Crippen molar-refractivity contribution in [3.05, 3.63) is 28.0 Å². The van der Waals surface area contributed by atoms with Gasteiger partial charge in [0.1, 0.15) is 17.2 Å². The van der Waals surface area contributed by atoms with E-state index in [2.05, 4.69) is 27.2 Å². The zero-order chi connectivity index (χ0) is 13.8. The van der Waals surface area contributed by atoms with Gasteiger partial charge in [-0.3, -0.25) is 0 Å². The molecule has 1 unspecified atom stereocenters. The van der Waals surface area contributed by atoms with Gasteiger partial charge >= 0.3 is 0 Å². The van der Waals surface area contributed by atoms with Crippen molar-refractivity contribution in [2.45, 2.75) is 33.7 Å². The average molecular weight is 278 g/mol. The number of nitrogens with zero attached hydrogens (tertiary/aromatic N) is 3. The predicted molar refractivity (Wildman–Crippen MR) is 76.8 cm³/mol. The maximum atomic E-state index is 5.46. The number of hydrogen-bond acceptors (Lipinski definition) is 6. The van der Waals surface area contributed by atoms with Gasteiger partial charge in [-0.1, -0.05) is 0 Å². The molecule has 2 rings (SSSR count). The summed E-state index contributed by atoms with van der Waals surface area (Å²) in [7, 11) is 0. The molecule has 0 aliphatic carbocycles. The third-order valence-electron chi connectivity index (χ3n) is 2.68. The summed E-state index contributed by atoms with van der Waals surface area (Å²) in [6.45, 7) is 8.55. The van der Waals surface area contributed by atoms with E-state index in [9.17, 15) is 0 Å². The third kappa shape index (κ3) is 3.20. The molecule has 19 heavy (non-hydrogen) atoms. The Bertz CT molecular complexity index is 555. The summed E-state index contributed by atoms with van der Waals surface area (Å²) in [5.41, 5.74) is 1.97. The fourth-order valence-corrected chi connectivity index (χ4v) is 2.50. The summed E-state index contributed by atoms with van der Waals surface area (Å²) < 4.78 is 5.46. The lowest BCUT2D eigenvalue weighted by molar-refractivity contribution is 0.324. The molecule has 6 heteroatoms. The van der Waals surface area contributed by atoms with Crippen molar-refractivity contribution >= 4 is 17.2 Å². The quantitative estimate of drug-likeness (QED) is 0.910. The average Bonchev–Trinajstić information content (AvgIpc) is 2.81. The molecule has 0 fully saturated rings. The molecular formula is C13H18N4OS. The standard InChI is InChI=1S/C13H18N4OS/c1-5-18-12-9(3)11(14-7-15-12)17-10(4)13-16-8(2)6-19-13/h6-7,10H,5H2,1-4H3,(H,14,15,17). The van der Waals surface area contributed by atoms with Crippen LogP contribution in [0.3, 0.4) is 0 Å². The van der Waals surface area contributed by atoms with Gasteiger partial charge in [0.05, 0.1) is 18.2 Å². The molecule has 0 amide bonds. The molecule has 1 atom stereocenters. The minimum atomic E-state index is 0.113. The first-order valence-electron chi connectivity index (χ1n) is 6.24. The van der Waals surface area contributed by atoms with Crippen LogP contribution in [0.4, 0.5) is 5.82 Å². The highest BCUT2D eigenvalue weighted by Gasteiger charge is 2.13. The van der Waals surface area contributed by atoms with Gasteiger partial charge in [-0.15, -0.1) is 11.3 Å². The van der Waals surface area contributed by atoms with E-state index < -0.39 is 0 Å². The lowest BCUT2D eigenvalue weighted by Crippen LogP contribution is -2.10. The van der Waals surface area contributed by atoms with Crippen molar-refractivity contribution < 1.29 is 4.74 Å². The smallest absolute Gasteiger partial charge is 0.221 e. The first-order valence-corrected chi connectivity index (χ1v) is 7.12. The molecule has 5 nitrogen and oxygen atoms in total. The van der Waals surface area contributed by atoms with E-state index in [1.807, 2.05) is 26.2 Å². The largest absolute Gasteiger partial charge is 0.478 e. The maximum Gasteiger partial charge on any atom is 0.221 e. The van der Waals surface area contributed by atoms with Crippen LogP contribution >= 0.6 is 11.3 Å². The Morgan fingerprint density at radius 3 is 2.79 bits per heavy atom. The van der Waals surface area contributed by atoms with Crippen LogP contribution in [-0.4, -0.2) is 21.6 Å². The van der Waals surface area contributed by atoms with Crippen LogP contribution in [0.1, 0.15) is 36.2 Å². The van der Waals surface area contributed by atoms with Crippen LogP contribution in [-0.2, 0) is 0 Å². The number of nitrogens with one attached hydrogen (secondary N) is 1. The molecular weight excluding hydrogens is 260 g/mol. The van der Waals surface area contributed by atoms with Crippen molar-refractivity contribution in [2.24, 2.45) is 0 Å². The predicted octanol–water partition coefficient (Wildman–Crippen LogP) is 3.12. The normalized spacial score (nSPS) is 12.2. The Kier molecular flexibility index (Phi) is 4.31. The van der Waals surface area contributed by atoms with Crippen molar-refractivity contribution in [3.63, 3.8) is 0 Å². The number of hydrogen-bond donors (Lipinski definition) is 1. The minimum Gasteiger partial charge on any atom is -0.478 e. The second kappa shape index (κ2) is 5.97. The van der Waals surface area contributed by atoms with E-state index in [1.54, 1.807) is 11.3 Å². The van der Waals surface area contributed by atoms with Crippen LogP contribution in [0.25, 0.3) is 0 Å². The number of ether oxygens (including phenoxy) is 1. The summed E-state index contributed by atoms with van der Waals surface area (Å²) in [5, 5.41) is 6.45. The maximum absolute atomic E-state index is 5.46. The lowest BCUT2D eigenvalue weighted by atomic mass is 10.3. The van der Waals surface area contributed by atoms with Crippen LogP contribution in [0.5, 0.6) is 5.88 Å². The number of anilines is 1. The molecule has 102 valence electrons. The van der Waals surface area contributed by atoms with Crippen molar-refractivity contribution in [3.8, 4) is 5.88 Å². The Balaban J connectivity index is 2.16. The van der Waals surface area contributed by atoms with E-state index in [0.717, 1.165) is 22.1 Å². The van der Waals surface area contributed by atoms with Gasteiger partial charge in [-0.2, -0.15) is 0 Å². The van der Waals surface area contributed by atoms with E-state index in [0.29, 0.717) is 12.5 Å². The monoisotopic (exact) mass is 278 g/mol. The van der Waals surface area contributed by atoms with Gasteiger partial charge in [-0.25, -0.2) is 15.0 Å². The van der Waals surface area contributed by atoms with Gasteiger partial charge in [0.25, 0.3) is 0 Å². The first-order chi connectivity index (χ1) is 9.11. The molecule has 0 saturated carbocycles. The van der Waals surface area contributed by atoms with Crippen LogP contribution < -0.4 is 10.1 Å². The second-order valence-corrected chi connectivity index (χ2v) is 5.17. The summed E-state index contributed by atoms with van der Waals surface area (Å²) in [6, 6.07) is 0.113. The Hall–Kier alpha value is -1.69. The zero-order valence-corrected chi connectivity index (χ0v) is 12.4. The highest BCUT2D eigenvalue weighted by atomic mass is 32.1. The Morgan fingerprint density at radius 1 is 1.37 bits per heavy atom. The topological polar surface area (TPSA) is 59.9 Å². The van der Waals surface area contributed by atoms with E-state index in [-0.39, 0.29) is 6.04 Å². The number of aryl methyl sites for hydroxylation is 1. The molecule has 0 aromatic carbocycles. The van der Waals surface area contributed by atoms with Crippen LogP contribution in [0, 0.1) is 13.8 Å². The molecule has 0 aliphatic heterocycles. The summed E-state index contributed by atoms with van der Waals surface area (Å²) in [5.74, 6) is 1.42. The Labute approximate surface area is 117 Å². The van der Waals surface area contributed by atoms with Crippen LogP contribution in [0.15, 0.2) is 11.7 Å². The molecule has 0 bridgehead atoms. The fourth-order valence-electron chi connectivity index (χ4n) is 1.70. The highest BCUT2D eigenvalue weighted by Crippen LogP contribution is 2.26. The Morgan fingerprint density at radius 2 is 2.16 bits per heavy atom. The van der Waals surface area contributed by atoms with Gasteiger partial charge < -0.3 is 10.1 Å².